The molecule has 3 heterocycles. The monoisotopic (exact) mass is 673 g/mol. The van der Waals surface area contributed by atoms with E-state index < -0.39 is 0 Å². The van der Waals surface area contributed by atoms with Gasteiger partial charge in [0.25, 0.3) is 0 Å². The number of benzene rings is 7. The molecular weight excluding hydrogens is 647 g/mol. The van der Waals surface area contributed by atoms with Crippen molar-refractivity contribution in [3.63, 3.8) is 0 Å². The molecule has 0 unspecified atom stereocenters. The minimum atomic E-state index is 0.648. The maximum atomic E-state index is 5.23. The van der Waals surface area contributed by atoms with E-state index in [1.165, 1.54) is 51.5 Å². The summed E-state index contributed by atoms with van der Waals surface area (Å²) in [7, 11) is 0. The molecule has 10 aromatic rings. The minimum Gasteiger partial charge on any atom is -0.208 e. The summed E-state index contributed by atoms with van der Waals surface area (Å²) >= 11 is 3.68. The van der Waals surface area contributed by atoms with Gasteiger partial charge >= 0.3 is 0 Å². The van der Waals surface area contributed by atoms with Crippen molar-refractivity contribution in [1.29, 1.82) is 0 Å². The normalized spacial score (nSPS) is 11.6. The van der Waals surface area contributed by atoms with E-state index in [-0.39, 0.29) is 0 Å². The van der Waals surface area contributed by atoms with Crippen LogP contribution < -0.4 is 0 Å². The zero-order valence-electron chi connectivity index (χ0n) is 26.7. The van der Waals surface area contributed by atoms with Crippen molar-refractivity contribution in [2.24, 2.45) is 0 Å². The molecule has 0 fully saturated rings. The first-order valence-corrected chi connectivity index (χ1v) is 18.2. The van der Waals surface area contributed by atoms with E-state index in [0.717, 1.165) is 27.8 Å². The van der Waals surface area contributed by atoms with Crippen molar-refractivity contribution in [2.75, 3.05) is 0 Å². The van der Waals surface area contributed by atoms with Gasteiger partial charge in [0.05, 0.1) is 0 Å². The molecule has 0 aliphatic rings. The maximum absolute atomic E-state index is 5.23. The average Bonchev–Trinajstić information content (AvgIpc) is 3.77. The third-order valence-corrected chi connectivity index (χ3v) is 11.7. The highest BCUT2D eigenvalue weighted by Crippen LogP contribution is 2.45. The van der Waals surface area contributed by atoms with E-state index in [0.29, 0.717) is 17.5 Å². The van der Waals surface area contributed by atoms with Gasteiger partial charge in [-0.25, -0.2) is 15.0 Å². The standard InChI is InChI=1S/C45H27N3S2/c1-3-13-28(14-4-1)43-46-44(29-15-5-2-6-16-29)48-45(47-43)37-27-30(31-19-11-21-35-33-17-7-9-22-38(33)50-42(31)35)25-26-32(37)34-20-12-24-40-41(34)36-18-8-10-23-39(36)49-40/h1-27H. The van der Waals surface area contributed by atoms with Gasteiger partial charge in [-0.05, 0) is 46.5 Å². The van der Waals surface area contributed by atoms with E-state index in [4.69, 9.17) is 15.0 Å². The molecule has 0 saturated carbocycles. The van der Waals surface area contributed by atoms with Gasteiger partial charge in [-0.1, -0.05) is 140 Å². The second-order valence-electron chi connectivity index (χ2n) is 12.4. The third-order valence-electron chi connectivity index (χ3n) is 9.37. The van der Waals surface area contributed by atoms with Gasteiger partial charge in [0.1, 0.15) is 0 Å². The largest absolute Gasteiger partial charge is 0.208 e. The van der Waals surface area contributed by atoms with Crippen LogP contribution in [0.1, 0.15) is 0 Å². The minimum absolute atomic E-state index is 0.648. The summed E-state index contributed by atoms with van der Waals surface area (Å²) in [5.74, 6) is 1.95. The van der Waals surface area contributed by atoms with E-state index in [1.807, 2.05) is 59.1 Å². The van der Waals surface area contributed by atoms with Crippen molar-refractivity contribution in [3.8, 4) is 56.4 Å². The van der Waals surface area contributed by atoms with Crippen LogP contribution >= 0.6 is 22.7 Å². The molecule has 0 aliphatic heterocycles. The van der Waals surface area contributed by atoms with Gasteiger partial charge in [0.2, 0.25) is 0 Å². The van der Waals surface area contributed by atoms with Gasteiger partial charge in [0, 0.05) is 57.0 Å². The maximum Gasteiger partial charge on any atom is 0.164 e. The van der Waals surface area contributed by atoms with E-state index >= 15 is 0 Å². The summed E-state index contributed by atoms with van der Waals surface area (Å²) in [5.41, 5.74) is 7.47. The van der Waals surface area contributed by atoms with Crippen LogP contribution in [0.25, 0.3) is 96.8 Å². The molecule has 3 aromatic heterocycles. The Hall–Kier alpha value is -6.01. The Kier molecular flexibility index (Phi) is 6.86. The van der Waals surface area contributed by atoms with Gasteiger partial charge in [0.15, 0.2) is 17.5 Å². The molecule has 0 aliphatic carbocycles. The molecule has 0 N–H and O–H groups in total. The van der Waals surface area contributed by atoms with Gasteiger partial charge < -0.3 is 0 Å². The lowest BCUT2D eigenvalue weighted by atomic mass is 9.91. The summed E-state index contributed by atoms with van der Waals surface area (Å²) in [6, 6.07) is 57.9. The van der Waals surface area contributed by atoms with Crippen LogP contribution in [0.15, 0.2) is 164 Å². The molecule has 0 saturated heterocycles. The summed E-state index contributed by atoms with van der Waals surface area (Å²) < 4.78 is 5.12. The lowest BCUT2D eigenvalue weighted by molar-refractivity contribution is 1.07. The van der Waals surface area contributed by atoms with Crippen LogP contribution in [0.4, 0.5) is 0 Å². The van der Waals surface area contributed by atoms with Crippen molar-refractivity contribution in [1.82, 2.24) is 15.0 Å². The van der Waals surface area contributed by atoms with Crippen LogP contribution in [0.3, 0.4) is 0 Å². The molecule has 0 atom stereocenters. The predicted molar refractivity (Wildman–Crippen MR) is 213 cm³/mol. The van der Waals surface area contributed by atoms with Gasteiger partial charge in [-0.3, -0.25) is 0 Å². The quantitative estimate of drug-likeness (QED) is 0.182. The number of fused-ring (bicyclic) bond motifs is 6. The van der Waals surface area contributed by atoms with Crippen LogP contribution in [-0.4, -0.2) is 15.0 Å². The number of hydrogen-bond donors (Lipinski definition) is 0. The van der Waals surface area contributed by atoms with Gasteiger partial charge in [-0.15, -0.1) is 22.7 Å². The highest BCUT2D eigenvalue weighted by Gasteiger charge is 2.20. The van der Waals surface area contributed by atoms with Crippen molar-refractivity contribution in [3.05, 3.63) is 164 Å². The average molecular weight is 674 g/mol. The summed E-state index contributed by atoms with van der Waals surface area (Å²) in [4.78, 5) is 15.5. The van der Waals surface area contributed by atoms with Crippen LogP contribution in [-0.2, 0) is 0 Å². The molecule has 0 bridgehead atoms. The van der Waals surface area contributed by atoms with Crippen molar-refractivity contribution in [2.45, 2.75) is 0 Å². The zero-order chi connectivity index (χ0) is 33.0. The van der Waals surface area contributed by atoms with Crippen LogP contribution in [0.2, 0.25) is 0 Å². The number of aromatic nitrogens is 3. The van der Waals surface area contributed by atoms with Crippen molar-refractivity contribution < 1.29 is 0 Å². The molecule has 50 heavy (non-hydrogen) atoms. The Morgan fingerprint density at radius 1 is 0.320 bits per heavy atom. The number of thiophene rings is 2. The fraction of sp³-hybridized carbons (Fsp3) is 0. The van der Waals surface area contributed by atoms with Gasteiger partial charge in [-0.2, -0.15) is 0 Å². The van der Waals surface area contributed by atoms with Crippen molar-refractivity contribution >= 4 is 63.0 Å². The Morgan fingerprint density at radius 2 is 0.880 bits per heavy atom. The first-order valence-electron chi connectivity index (χ1n) is 16.6. The number of nitrogens with zero attached hydrogens (tertiary/aromatic N) is 3. The first kappa shape index (κ1) is 29.0. The molecule has 0 spiro atoms. The Bertz CT molecular complexity index is 2810. The molecule has 7 aromatic carbocycles. The molecule has 10 rings (SSSR count). The molecule has 5 heteroatoms. The lowest BCUT2D eigenvalue weighted by Crippen LogP contribution is -2.01. The highest BCUT2D eigenvalue weighted by molar-refractivity contribution is 7.26. The zero-order valence-corrected chi connectivity index (χ0v) is 28.4. The molecular formula is C45H27N3S2. The van der Waals surface area contributed by atoms with E-state index in [2.05, 4.69) is 127 Å². The van der Waals surface area contributed by atoms with Crippen LogP contribution in [0.5, 0.6) is 0 Å². The Balaban J connectivity index is 1.28. The van der Waals surface area contributed by atoms with Crippen LogP contribution in [0, 0.1) is 0 Å². The Morgan fingerprint density at radius 3 is 1.62 bits per heavy atom. The molecule has 0 radical (unpaired) electrons. The molecule has 234 valence electrons. The summed E-state index contributed by atoms with van der Waals surface area (Å²) in [6.45, 7) is 0. The fourth-order valence-corrected chi connectivity index (χ4v) is 9.40. The first-order chi connectivity index (χ1) is 24.8. The van der Waals surface area contributed by atoms with E-state index in [1.54, 1.807) is 0 Å². The predicted octanol–water partition coefficient (Wildman–Crippen LogP) is 12.9. The summed E-state index contributed by atoms with van der Waals surface area (Å²) in [5, 5.41) is 5.09. The second kappa shape index (κ2) is 11.8. The molecule has 3 nitrogen and oxygen atoms in total. The second-order valence-corrected chi connectivity index (χ2v) is 14.5. The molecule has 0 amide bonds. The third kappa shape index (κ3) is 4.82. The topological polar surface area (TPSA) is 38.7 Å². The smallest absolute Gasteiger partial charge is 0.164 e. The lowest BCUT2D eigenvalue weighted by Gasteiger charge is -2.15. The highest BCUT2D eigenvalue weighted by atomic mass is 32.1. The summed E-state index contributed by atoms with van der Waals surface area (Å²) in [6.07, 6.45) is 0. The number of rotatable bonds is 5. The Labute approximate surface area is 296 Å². The number of hydrogen-bond acceptors (Lipinski definition) is 5. The fourth-order valence-electron chi connectivity index (χ4n) is 7.03. The SMILES string of the molecule is c1ccc(-c2nc(-c3ccccc3)nc(-c3cc(-c4cccc5c4sc4ccccc45)ccc3-c3cccc4sc5ccccc5c34)n2)cc1. The van der Waals surface area contributed by atoms with E-state index in [9.17, 15) is 0 Å².